The second-order valence-corrected chi connectivity index (χ2v) is 5.57. The van der Waals surface area contributed by atoms with E-state index in [1.165, 1.54) is 5.56 Å². The molecule has 0 spiro atoms. The van der Waals surface area contributed by atoms with Crippen LogP contribution in [0, 0.1) is 6.92 Å². The molecule has 0 unspecified atom stereocenters. The number of aryl methyl sites for hydroxylation is 1. The van der Waals surface area contributed by atoms with E-state index in [1.54, 1.807) is 6.33 Å². The normalized spacial score (nSPS) is 11.4. The molecule has 0 bridgehead atoms. The number of fused-ring (bicyclic) bond motifs is 1. The number of alkyl halides is 1. The van der Waals surface area contributed by atoms with Gasteiger partial charge in [-0.3, -0.25) is 0 Å². The van der Waals surface area contributed by atoms with Crippen LogP contribution in [0.5, 0.6) is 0 Å². The highest BCUT2D eigenvalue weighted by Crippen LogP contribution is 2.22. The number of aromatic nitrogens is 3. The largest absolute Gasteiger partial charge is 0.353 e. The average Bonchev–Trinajstić information content (AvgIpc) is 2.86. The fourth-order valence-electron chi connectivity index (χ4n) is 2.54. The molecule has 2 aromatic rings. The van der Waals surface area contributed by atoms with Gasteiger partial charge in [-0.2, -0.15) is 9.61 Å². The van der Waals surface area contributed by atoms with Crippen molar-refractivity contribution in [1.82, 2.24) is 14.6 Å². The Kier molecular flexibility index (Phi) is 4.80. The molecule has 2 heterocycles. The SMILES string of the molecule is CCC(CC)N(CCBr)c1cc(C)cc2ncnn12. The van der Waals surface area contributed by atoms with Crippen LogP contribution in [0.25, 0.3) is 5.65 Å². The Hall–Kier alpha value is -1.10. The Balaban J connectivity index is 2.51. The summed E-state index contributed by atoms with van der Waals surface area (Å²) in [6.45, 7) is 7.57. The summed E-state index contributed by atoms with van der Waals surface area (Å²) in [5.41, 5.74) is 2.14. The molecule has 2 aromatic heterocycles. The van der Waals surface area contributed by atoms with Gasteiger partial charge in [0, 0.05) is 17.9 Å². The highest BCUT2D eigenvalue weighted by molar-refractivity contribution is 9.09. The lowest BCUT2D eigenvalue weighted by Gasteiger charge is -2.32. The summed E-state index contributed by atoms with van der Waals surface area (Å²) in [5.74, 6) is 1.14. The van der Waals surface area contributed by atoms with E-state index in [1.807, 2.05) is 4.52 Å². The number of hydrogen-bond acceptors (Lipinski definition) is 3. The Morgan fingerprint density at radius 3 is 2.68 bits per heavy atom. The number of pyridine rings is 1. The predicted octanol–water partition coefficient (Wildman–Crippen LogP) is 3.43. The van der Waals surface area contributed by atoms with Crippen LogP contribution >= 0.6 is 15.9 Å². The Morgan fingerprint density at radius 2 is 2.05 bits per heavy atom. The fourth-order valence-corrected chi connectivity index (χ4v) is 2.93. The van der Waals surface area contributed by atoms with E-state index in [-0.39, 0.29) is 0 Å². The molecule has 0 radical (unpaired) electrons. The second kappa shape index (κ2) is 6.37. The summed E-state index contributed by atoms with van der Waals surface area (Å²) in [6, 6.07) is 4.80. The van der Waals surface area contributed by atoms with Crippen molar-refractivity contribution < 1.29 is 0 Å². The molecule has 0 aliphatic rings. The summed E-state index contributed by atoms with van der Waals surface area (Å²) in [6.07, 6.45) is 3.89. The molecule has 5 heteroatoms. The van der Waals surface area contributed by atoms with E-state index >= 15 is 0 Å². The quantitative estimate of drug-likeness (QED) is 0.763. The van der Waals surface area contributed by atoms with Crippen LogP contribution in [0.4, 0.5) is 5.82 Å². The van der Waals surface area contributed by atoms with Gasteiger partial charge in [0.2, 0.25) is 0 Å². The molecule has 19 heavy (non-hydrogen) atoms. The second-order valence-electron chi connectivity index (χ2n) is 4.77. The highest BCUT2D eigenvalue weighted by Gasteiger charge is 2.18. The average molecular weight is 325 g/mol. The van der Waals surface area contributed by atoms with Crippen LogP contribution in [-0.2, 0) is 0 Å². The van der Waals surface area contributed by atoms with Crippen LogP contribution in [0.2, 0.25) is 0 Å². The summed E-state index contributed by atoms with van der Waals surface area (Å²) in [4.78, 5) is 6.74. The van der Waals surface area contributed by atoms with Crippen molar-refractivity contribution in [3.63, 3.8) is 0 Å². The fraction of sp³-hybridized carbons (Fsp3) is 0.571. The number of hydrogen-bond donors (Lipinski definition) is 0. The molecule has 2 rings (SSSR count). The first-order valence-corrected chi connectivity index (χ1v) is 7.96. The molecule has 4 nitrogen and oxygen atoms in total. The Labute approximate surface area is 123 Å². The summed E-state index contributed by atoms with van der Waals surface area (Å²) in [7, 11) is 0. The van der Waals surface area contributed by atoms with Crippen LogP contribution < -0.4 is 4.90 Å². The van der Waals surface area contributed by atoms with Gasteiger partial charge in [0.25, 0.3) is 0 Å². The first-order valence-electron chi connectivity index (χ1n) is 6.84. The highest BCUT2D eigenvalue weighted by atomic mass is 79.9. The third kappa shape index (κ3) is 2.91. The maximum absolute atomic E-state index is 4.36. The third-order valence-electron chi connectivity index (χ3n) is 3.51. The van der Waals surface area contributed by atoms with E-state index in [0.29, 0.717) is 6.04 Å². The molecular weight excluding hydrogens is 304 g/mol. The molecular formula is C14H21BrN4. The monoisotopic (exact) mass is 324 g/mol. The van der Waals surface area contributed by atoms with Crippen LogP contribution in [0.15, 0.2) is 18.5 Å². The molecule has 0 aliphatic heterocycles. The van der Waals surface area contributed by atoms with Gasteiger partial charge < -0.3 is 4.90 Å². The van der Waals surface area contributed by atoms with Gasteiger partial charge in [0.1, 0.15) is 12.1 Å². The smallest absolute Gasteiger partial charge is 0.157 e. The summed E-state index contributed by atoms with van der Waals surface area (Å²) in [5, 5.41) is 5.31. The van der Waals surface area contributed by atoms with Crippen LogP contribution in [0.1, 0.15) is 32.3 Å². The number of halogens is 1. The molecule has 0 saturated carbocycles. The zero-order valence-corrected chi connectivity index (χ0v) is 13.4. The molecule has 0 saturated heterocycles. The van der Waals surface area contributed by atoms with Crippen LogP contribution in [0.3, 0.4) is 0 Å². The molecule has 0 N–H and O–H groups in total. The first kappa shape index (κ1) is 14.3. The van der Waals surface area contributed by atoms with Crippen molar-refractivity contribution in [2.75, 3.05) is 16.8 Å². The molecule has 0 amide bonds. The number of anilines is 1. The van der Waals surface area contributed by atoms with Crippen molar-refractivity contribution >= 4 is 27.4 Å². The maximum atomic E-state index is 4.36. The molecule has 0 atom stereocenters. The van der Waals surface area contributed by atoms with Crippen molar-refractivity contribution in [1.29, 1.82) is 0 Å². The van der Waals surface area contributed by atoms with Gasteiger partial charge in [-0.1, -0.05) is 29.8 Å². The summed E-state index contributed by atoms with van der Waals surface area (Å²) >= 11 is 3.56. The minimum Gasteiger partial charge on any atom is -0.353 e. The summed E-state index contributed by atoms with van der Waals surface area (Å²) < 4.78 is 1.94. The van der Waals surface area contributed by atoms with Gasteiger partial charge in [-0.05, 0) is 37.5 Å². The van der Waals surface area contributed by atoms with Crippen molar-refractivity contribution in [3.8, 4) is 0 Å². The molecule has 0 fully saturated rings. The molecule has 104 valence electrons. The van der Waals surface area contributed by atoms with Gasteiger partial charge in [0.15, 0.2) is 5.65 Å². The van der Waals surface area contributed by atoms with E-state index in [9.17, 15) is 0 Å². The first-order chi connectivity index (χ1) is 9.21. The van der Waals surface area contributed by atoms with E-state index in [0.717, 1.165) is 36.2 Å². The standard InChI is InChI=1S/C14H21BrN4/c1-4-12(5-2)18(7-6-15)14-9-11(3)8-13-16-10-17-19(13)14/h8-10,12H,4-7H2,1-3H3. The lowest BCUT2D eigenvalue weighted by atomic mass is 10.1. The van der Waals surface area contributed by atoms with Gasteiger partial charge in [-0.25, -0.2) is 4.98 Å². The Morgan fingerprint density at radius 1 is 1.32 bits per heavy atom. The topological polar surface area (TPSA) is 33.4 Å². The minimum atomic E-state index is 0.534. The predicted molar refractivity (Wildman–Crippen MR) is 83.2 cm³/mol. The third-order valence-corrected chi connectivity index (χ3v) is 3.86. The minimum absolute atomic E-state index is 0.534. The molecule has 0 aromatic carbocycles. The zero-order chi connectivity index (χ0) is 13.8. The van der Waals surface area contributed by atoms with Crippen molar-refractivity contribution in [2.45, 2.75) is 39.7 Å². The Bertz CT molecular complexity index is 533. The van der Waals surface area contributed by atoms with E-state index < -0.39 is 0 Å². The molecule has 0 aliphatic carbocycles. The van der Waals surface area contributed by atoms with Crippen LogP contribution in [-0.4, -0.2) is 32.5 Å². The lowest BCUT2D eigenvalue weighted by molar-refractivity contribution is 0.558. The van der Waals surface area contributed by atoms with Gasteiger partial charge in [0.05, 0.1) is 0 Å². The van der Waals surface area contributed by atoms with E-state index in [2.05, 4.69) is 63.8 Å². The lowest BCUT2D eigenvalue weighted by Crippen LogP contribution is -2.37. The number of rotatable bonds is 6. The maximum Gasteiger partial charge on any atom is 0.157 e. The zero-order valence-electron chi connectivity index (χ0n) is 11.8. The van der Waals surface area contributed by atoms with Crippen molar-refractivity contribution in [2.24, 2.45) is 0 Å². The number of nitrogens with zero attached hydrogens (tertiary/aromatic N) is 4. The van der Waals surface area contributed by atoms with E-state index in [4.69, 9.17) is 0 Å². The van der Waals surface area contributed by atoms with Gasteiger partial charge >= 0.3 is 0 Å². The van der Waals surface area contributed by atoms with Gasteiger partial charge in [-0.15, -0.1) is 0 Å². The van der Waals surface area contributed by atoms with Crippen molar-refractivity contribution in [3.05, 3.63) is 24.0 Å².